The highest BCUT2D eigenvalue weighted by Crippen LogP contribution is 2.29. The summed E-state index contributed by atoms with van der Waals surface area (Å²) in [5, 5.41) is 22.7. The van der Waals surface area contributed by atoms with E-state index >= 15 is 0 Å². The van der Waals surface area contributed by atoms with Gasteiger partial charge in [-0.1, -0.05) is 35.9 Å². The second-order valence-electron chi connectivity index (χ2n) is 5.26. The first kappa shape index (κ1) is 14.4. The summed E-state index contributed by atoms with van der Waals surface area (Å²) in [6.45, 7) is 6.16. The normalized spacial score (nSPS) is 13.9. The van der Waals surface area contributed by atoms with E-state index in [9.17, 15) is 10.2 Å². The molecule has 0 radical (unpaired) electrons. The van der Waals surface area contributed by atoms with Gasteiger partial charge in [-0.05, 0) is 32.4 Å². The van der Waals surface area contributed by atoms with Gasteiger partial charge in [0.15, 0.2) is 0 Å². The molecule has 3 nitrogen and oxygen atoms in total. The van der Waals surface area contributed by atoms with Crippen LogP contribution in [0.5, 0.6) is 11.5 Å². The van der Waals surface area contributed by atoms with Crippen molar-refractivity contribution in [2.24, 2.45) is 0 Å². The lowest BCUT2D eigenvalue weighted by Gasteiger charge is -2.21. The van der Waals surface area contributed by atoms with Crippen molar-refractivity contribution in [2.45, 2.75) is 32.9 Å². The average Bonchev–Trinajstić information content (AvgIpc) is 2.39. The maximum absolute atomic E-state index is 9.88. The van der Waals surface area contributed by atoms with E-state index in [0.717, 1.165) is 5.56 Å². The molecule has 0 amide bonds. The van der Waals surface area contributed by atoms with Gasteiger partial charge in [-0.15, -0.1) is 0 Å². The van der Waals surface area contributed by atoms with Gasteiger partial charge >= 0.3 is 0 Å². The molecule has 3 heteroatoms. The Hall–Kier alpha value is -2.00. The third-order valence-corrected chi connectivity index (χ3v) is 3.56. The van der Waals surface area contributed by atoms with Crippen molar-refractivity contribution in [3.8, 4) is 11.5 Å². The maximum atomic E-state index is 9.88. The molecule has 0 aliphatic rings. The molecule has 0 bridgehead atoms. The Bertz CT molecular complexity index is 578. The minimum atomic E-state index is -0.00750. The van der Waals surface area contributed by atoms with Crippen LogP contribution >= 0.6 is 0 Å². The summed E-state index contributed by atoms with van der Waals surface area (Å²) in [6, 6.07) is 13.3. The lowest BCUT2D eigenvalue weighted by molar-refractivity contribution is 0.427. The zero-order valence-corrected chi connectivity index (χ0v) is 12.1. The summed E-state index contributed by atoms with van der Waals surface area (Å²) >= 11 is 0. The number of phenolic OH excluding ortho intramolecular Hbond substituents is 2. The Morgan fingerprint density at radius 3 is 2.15 bits per heavy atom. The van der Waals surface area contributed by atoms with E-state index in [4.69, 9.17) is 0 Å². The van der Waals surface area contributed by atoms with Crippen LogP contribution in [0.1, 0.15) is 42.6 Å². The zero-order chi connectivity index (χ0) is 14.7. The predicted octanol–water partition coefficient (Wildman–Crippen LogP) is 3.82. The van der Waals surface area contributed by atoms with Crippen molar-refractivity contribution in [1.82, 2.24) is 5.32 Å². The van der Waals surface area contributed by atoms with Crippen LogP contribution in [0.15, 0.2) is 42.5 Å². The molecule has 20 heavy (non-hydrogen) atoms. The maximum Gasteiger partial charge on any atom is 0.124 e. The van der Waals surface area contributed by atoms with Gasteiger partial charge in [0.2, 0.25) is 0 Å². The van der Waals surface area contributed by atoms with Gasteiger partial charge in [0.1, 0.15) is 11.5 Å². The van der Waals surface area contributed by atoms with E-state index in [2.05, 4.69) is 43.4 Å². The quantitative estimate of drug-likeness (QED) is 0.792. The van der Waals surface area contributed by atoms with Crippen molar-refractivity contribution < 1.29 is 10.2 Å². The monoisotopic (exact) mass is 271 g/mol. The molecule has 0 aromatic heterocycles. The number of benzene rings is 2. The highest BCUT2D eigenvalue weighted by molar-refractivity contribution is 5.40. The number of aromatic hydroxyl groups is 2. The van der Waals surface area contributed by atoms with Crippen LogP contribution in [0.2, 0.25) is 0 Å². The molecule has 1 unspecified atom stereocenters. The van der Waals surface area contributed by atoms with Crippen LogP contribution < -0.4 is 5.32 Å². The fraction of sp³-hybridized carbons (Fsp3) is 0.294. The molecular formula is C17H21NO2. The van der Waals surface area contributed by atoms with Crippen LogP contribution in [0.4, 0.5) is 0 Å². The first-order chi connectivity index (χ1) is 9.47. The van der Waals surface area contributed by atoms with Crippen LogP contribution in [0.3, 0.4) is 0 Å². The molecule has 0 spiro atoms. The van der Waals surface area contributed by atoms with Crippen molar-refractivity contribution in [3.05, 3.63) is 59.2 Å². The Morgan fingerprint density at radius 2 is 1.55 bits per heavy atom. The number of aryl methyl sites for hydroxylation is 1. The van der Waals surface area contributed by atoms with Crippen LogP contribution in [0, 0.1) is 6.92 Å². The third-order valence-electron chi connectivity index (χ3n) is 3.56. The van der Waals surface area contributed by atoms with E-state index in [0.29, 0.717) is 0 Å². The molecule has 2 aromatic carbocycles. The minimum absolute atomic E-state index is 0.00750. The summed E-state index contributed by atoms with van der Waals surface area (Å²) in [6.07, 6.45) is 0. The second-order valence-corrected chi connectivity index (χ2v) is 5.26. The van der Waals surface area contributed by atoms with Crippen LogP contribution in [-0.4, -0.2) is 10.2 Å². The molecule has 2 atom stereocenters. The van der Waals surface area contributed by atoms with Crippen LogP contribution in [-0.2, 0) is 0 Å². The summed E-state index contributed by atoms with van der Waals surface area (Å²) < 4.78 is 0. The number of phenols is 2. The number of hydrogen-bond acceptors (Lipinski definition) is 3. The van der Waals surface area contributed by atoms with Crippen molar-refractivity contribution >= 4 is 0 Å². The molecule has 0 saturated heterocycles. The van der Waals surface area contributed by atoms with E-state index < -0.39 is 0 Å². The summed E-state index contributed by atoms with van der Waals surface area (Å²) in [4.78, 5) is 0. The summed E-state index contributed by atoms with van der Waals surface area (Å²) in [7, 11) is 0. The predicted molar refractivity (Wildman–Crippen MR) is 80.9 cm³/mol. The third kappa shape index (κ3) is 3.31. The lowest BCUT2D eigenvalue weighted by Crippen LogP contribution is -2.22. The molecule has 2 rings (SSSR count). The van der Waals surface area contributed by atoms with Gasteiger partial charge < -0.3 is 15.5 Å². The van der Waals surface area contributed by atoms with E-state index in [1.807, 2.05) is 6.92 Å². The number of hydrogen-bond donors (Lipinski definition) is 3. The fourth-order valence-corrected chi connectivity index (χ4v) is 2.31. The molecule has 2 aromatic rings. The number of nitrogens with one attached hydrogen (secondary N) is 1. The van der Waals surface area contributed by atoms with Crippen molar-refractivity contribution in [3.63, 3.8) is 0 Å². The van der Waals surface area contributed by atoms with Gasteiger partial charge in [-0.2, -0.15) is 0 Å². The van der Waals surface area contributed by atoms with Crippen LogP contribution in [0.25, 0.3) is 0 Å². The molecule has 106 valence electrons. The first-order valence-electron chi connectivity index (χ1n) is 6.82. The zero-order valence-electron chi connectivity index (χ0n) is 12.1. The molecule has 3 N–H and O–H groups in total. The molecule has 0 aliphatic heterocycles. The Kier molecular flexibility index (Phi) is 4.30. The lowest BCUT2D eigenvalue weighted by atomic mass is 10.0. The highest BCUT2D eigenvalue weighted by atomic mass is 16.3. The largest absolute Gasteiger partial charge is 0.508 e. The fourth-order valence-electron chi connectivity index (χ4n) is 2.31. The molecular weight excluding hydrogens is 250 g/mol. The van der Waals surface area contributed by atoms with Gasteiger partial charge in [0, 0.05) is 23.7 Å². The molecule has 0 fully saturated rings. The molecule has 0 aliphatic carbocycles. The van der Waals surface area contributed by atoms with E-state index in [1.54, 1.807) is 12.1 Å². The Balaban J connectivity index is 2.10. The van der Waals surface area contributed by atoms with Gasteiger partial charge in [-0.25, -0.2) is 0 Å². The molecule has 0 saturated carbocycles. The first-order valence-corrected chi connectivity index (χ1v) is 6.82. The topological polar surface area (TPSA) is 52.5 Å². The Labute approximate surface area is 119 Å². The smallest absolute Gasteiger partial charge is 0.124 e. The van der Waals surface area contributed by atoms with Gasteiger partial charge in [0.25, 0.3) is 0 Å². The standard InChI is InChI=1S/C17H21NO2/c1-11-4-6-14(7-5-11)12(2)18-13(3)16-9-8-15(19)10-17(16)20/h4-10,12-13,18-20H,1-3H3/t12-,13?/m0/s1. The average molecular weight is 271 g/mol. The summed E-state index contributed by atoms with van der Waals surface area (Å²) in [5.74, 6) is 0.186. The SMILES string of the molecule is Cc1ccc([C@H](C)NC(C)c2ccc(O)cc2O)cc1. The van der Waals surface area contributed by atoms with E-state index in [-0.39, 0.29) is 23.6 Å². The van der Waals surface area contributed by atoms with Crippen molar-refractivity contribution in [2.75, 3.05) is 0 Å². The second kappa shape index (κ2) is 5.97. The van der Waals surface area contributed by atoms with Gasteiger partial charge in [-0.3, -0.25) is 0 Å². The number of rotatable bonds is 4. The highest BCUT2D eigenvalue weighted by Gasteiger charge is 2.14. The minimum Gasteiger partial charge on any atom is -0.508 e. The Morgan fingerprint density at radius 1 is 0.900 bits per heavy atom. The van der Waals surface area contributed by atoms with Gasteiger partial charge in [0.05, 0.1) is 0 Å². The summed E-state index contributed by atoms with van der Waals surface area (Å²) in [5.41, 5.74) is 3.23. The van der Waals surface area contributed by atoms with Crippen molar-refractivity contribution in [1.29, 1.82) is 0 Å². The van der Waals surface area contributed by atoms with E-state index in [1.165, 1.54) is 17.2 Å². The molecule has 0 heterocycles.